The Labute approximate surface area is 154 Å². The number of aromatic hydroxyl groups is 1. The summed E-state index contributed by atoms with van der Waals surface area (Å²) in [4.78, 5) is 27.0. The van der Waals surface area contributed by atoms with Crippen LogP contribution in [0.4, 0.5) is 0 Å². The molecule has 1 aliphatic carbocycles. The number of carbonyl (C=O) groups excluding carboxylic acids is 2. The minimum absolute atomic E-state index is 0.0577. The number of phenols is 1. The number of hydrogen-bond acceptors (Lipinski definition) is 4. The molecule has 2 amide bonds. The number of hydrogen-bond donors (Lipinski definition) is 2. The van der Waals surface area contributed by atoms with Crippen LogP contribution < -0.4 is 5.32 Å². The molecule has 0 radical (unpaired) electrons. The molecule has 2 saturated heterocycles. The minimum atomic E-state index is -0.316. The van der Waals surface area contributed by atoms with Crippen molar-refractivity contribution in [2.75, 3.05) is 19.8 Å². The van der Waals surface area contributed by atoms with Gasteiger partial charge in [0.1, 0.15) is 5.75 Å². The molecule has 1 aromatic rings. The van der Waals surface area contributed by atoms with Crippen LogP contribution in [0.2, 0.25) is 0 Å². The minimum Gasteiger partial charge on any atom is -0.508 e. The van der Waals surface area contributed by atoms with Crippen molar-refractivity contribution in [3.05, 3.63) is 29.8 Å². The molecule has 0 aromatic heterocycles. The maximum atomic E-state index is 12.5. The molecule has 1 saturated carbocycles. The van der Waals surface area contributed by atoms with Gasteiger partial charge in [-0.1, -0.05) is 12.1 Å². The van der Waals surface area contributed by atoms with Gasteiger partial charge in [0.2, 0.25) is 11.8 Å². The highest BCUT2D eigenvalue weighted by molar-refractivity contribution is 5.80. The second kappa shape index (κ2) is 8.08. The van der Waals surface area contributed by atoms with Gasteiger partial charge in [-0.3, -0.25) is 9.59 Å². The first-order valence-electron chi connectivity index (χ1n) is 9.47. The molecule has 1 aromatic carbocycles. The maximum Gasteiger partial charge on any atom is 0.225 e. The van der Waals surface area contributed by atoms with Crippen molar-refractivity contribution >= 4 is 11.8 Å². The van der Waals surface area contributed by atoms with E-state index in [9.17, 15) is 14.7 Å². The van der Waals surface area contributed by atoms with Crippen LogP contribution >= 0.6 is 0 Å². The zero-order valence-electron chi connectivity index (χ0n) is 15.4. The molecule has 2 bridgehead atoms. The van der Waals surface area contributed by atoms with Crippen LogP contribution in [-0.2, 0) is 20.7 Å². The van der Waals surface area contributed by atoms with Gasteiger partial charge in [-0.15, -0.1) is 0 Å². The SMILES string of the molecule is CCOCCC(=O)N1CC2(NC(=O)Cc3cccc(O)c3)CCC1CC2. The van der Waals surface area contributed by atoms with E-state index in [0.717, 1.165) is 31.2 Å². The first-order valence-corrected chi connectivity index (χ1v) is 9.47. The highest BCUT2D eigenvalue weighted by Gasteiger charge is 2.46. The lowest BCUT2D eigenvalue weighted by Crippen LogP contribution is -2.66. The van der Waals surface area contributed by atoms with Crippen LogP contribution in [0.15, 0.2) is 24.3 Å². The van der Waals surface area contributed by atoms with Crippen LogP contribution in [0, 0.1) is 0 Å². The van der Waals surface area contributed by atoms with E-state index in [2.05, 4.69) is 5.32 Å². The summed E-state index contributed by atoms with van der Waals surface area (Å²) in [6.45, 7) is 3.58. The van der Waals surface area contributed by atoms with Crippen molar-refractivity contribution in [2.45, 2.75) is 57.0 Å². The lowest BCUT2D eigenvalue weighted by Gasteiger charge is -2.53. The monoisotopic (exact) mass is 360 g/mol. The molecule has 3 aliphatic rings. The topological polar surface area (TPSA) is 78.9 Å². The molecule has 3 fully saturated rings. The van der Waals surface area contributed by atoms with Gasteiger partial charge in [-0.25, -0.2) is 0 Å². The molecule has 0 spiro atoms. The van der Waals surface area contributed by atoms with Gasteiger partial charge in [0.25, 0.3) is 0 Å². The fourth-order valence-electron chi connectivity index (χ4n) is 4.18. The zero-order valence-corrected chi connectivity index (χ0v) is 15.4. The number of phenolic OH excluding ortho intramolecular Hbond substituents is 1. The third-order valence-corrected chi connectivity index (χ3v) is 5.49. The summed E-state index contributed by atoms with van der Waals surface area (Å²) in [6, 6.07) is 7.07. The van der Waals surface area contributed by atoms with E-state index in [4.69, 9.17) is 4.74 Å². The van der Waals surface area contributed by atoms with Gasteiger partial charge < -0.3 is 20.1 Å². The summed E-state index contributed by atoms with van der Waals surface area (Å²) in [7, 11) is 0. The zero-order chi connectivity index (χ0) is 18.6. The number of carbonyl (C=O) groups is 2. The van der Waals surface area contributed by atoms with E-state index < -0.39 is 0 Å². The summed E-state index contributed by atoms with van der Waals surface area (Å²) in [5, 5.41) is 12.7. The summed E-state index contributed by atoms with van der Waals surface area (Å²) in [6.07, 6.45) is 4.34. The predicted molar refractivity (Wildman–Crippen MR) is 97.8 cm³/mol. The standard InChI is InChI=1S/C20H28N2O4/c1-2-26-11-8-19(25)22-14-20(9-6-16(22)7-10-20)21-18(24)13-15-4-3-5-17(23)12-15/h3-5,12,16,23H,2,6-11,13-14H2,1H3,(H,21,24). The van der Waals surface area contributed by atoms with Crippen molar-refractivity contribution in [1.29, 1.82) is 0 Å². The highest BCUT2D eigenvalue weighted by Crippen LogP contribution is 2.38. The average Bonchev–Trinajstić information content (AvgIpc) is 2.62. The van der Waals surface area contributed by atoms with Gasteiger partial charge in [0.15, 0.2) is 0 Å². The smallest absolute Gasteiger partial charge is 0.225 e. The quantitative estimate of drug-likeness (QED) is 0.729. The fraction of sp³-hybridized carbons (Fsp3) is 0.600. The summed E-state index contributed by atoms with van der Waals surface area (Å²) < 4.78 is 5.30. The van der Waals surface area contributed by atoms with Crippen molar-refractivity contribution in [3.63, 3.8) is 0 Å². The summed E-state index contributed by atoms with van der Waals surface area (Å²) in [5.41, 5.74) is 0.470. The largest absolute Gasteiger partial charge is 0.508 e. The second-order valence-corrected chi connectivity index (χ2v) is 7.37. The van der Waals surface area contributed by atoms with Gasteiger partial charge >= 0.3 is 0 Å². The highest BCUT2D eigenvalue weighted by atomic mass is 16.5. The Hall–Kier alpha value is -2.08. The van der Waals surface area contributed by atoms with E-state index in [1.54, 1.807) is 18.2 Å². The predicted octanol–water partition coefficient (Wildman–Crippen LogP) is 2.00. The number of nitrogens with one attached hydrogen (secondary N) is 1. The molecule has 0 unspecified atom stereocenters. The Bertz CT molecular complexity index is 653. The van der Waals surface area contributed by atoms with E-state index >= 15 is 0 Å². The van der Waals surface area contributed by atoms with Crippen LogP contribution in [-0.4, -0.2) is 53.2 Å². The summed E-state index contributed by atoms with van der Waals surface area (Å²) in [5.74, 6) is 0.227. The van der Waals surface area contributed by atoms with Gasteiger partial charge in [-0.2, -0.15) is 0 Å². The number of rotatable bonds is 7. The number of ether oxygens (including phenoxy) is 1. The van der Waals surface area contributed by atoms with Gasteiger partial charge in [-0.05, 0) is 50.3 Å². The summed E-state index contributed by atoms with van der Waals surface area (Å²) >= 11 is 0. The van der Waals surface area contributed by atoms with Crippen molar-refractivity contribution in [2.24, 2.45) is 0 Å². The van der Waals surface area contributed by atoms with Gasteiger partial charge in [0, 0.05) is 19.2 Å². The third kappa shape index (κ3) is 4.36. The molecule has 4 rings (SSSR count). The molecule has 2 heterocycles. The lowest BCUT2D eigenvalue weighted by molar-refractivity contribution is -0.143. The Morgan fingerprint density at radius 2 is 2.12 bits per heavy atom. The normalized spacial score (nSPS) is 24.5. The molecule has 2 N–H and O–H groups in total. The number of nitrogens with zero attached hydrogens (tertiary/aromatic N) is 1. The Kier molecular flexibility index (Phi) is 5.81. The van der Waals surface area contributed by atoms with E-state index in [1.165, 1.54) is 0 Å². The van der Waals surface area contributed by atoms with Crippen molar-refractivity contribution in [1.82, 2.24) is 10.2 Å². The van der Waals surface area contributed by atoms with Gasteiger partial charge in [0.05, 0.1) is 25.0 Å². The van der Waals surface area contributed by atoms with Crippen LogP contribution in [0.3, 0.4) is 0 Å². The lowest BCUT2D eigenvalue weighted by atomic mass is 9.73. The second-order valence-electron chi connectivity index (χ2n) is 7.37. The first-order chi connectivity index (χ1) is 12.5. The maximum absolute atomic E-state index is 12.5. The number of fused-ring (bicyclic) bond motifs is 3. The molecular formula is C20H28N2O4. The molecule has 142 valence electrons. The van der Waals surface area contributed by atoms with Crippen LogP contribution in [0.1, 0.15) is 44.6 Å². The number of piperidine rings is 2. The van der Waals surface area contributed by atoms with E-state index in [1.807, 2.05) is 17.9 Å². The molecular weight excluding hydrogens is 332 g/mol. The van der Waals surface area contributed by atoms with Crippen LogP contribution in [0.25, 0.3) is 0 Å². The molecule has 26 heavy (non-hydrogen) atoms. The number of amides is 2. The number of benzene rings is 1. The molecule has 6 heteroatoms. The third-order valence-electron chi connectivity index (χ3n) is 5.49. The van der Waals surface area contributed by atoms with E-state index in [-0.39, 0.29) is 29.5 Å². The molecule has 2 aliphatic heterocycles. The Morgan fingerprint density at radius 3 is 2.81 bits per heavy atom. The Balaban J connectivity index is 1.59. The Morgan fingerprint density at radius 1 is 1.35 bits per heavy atom. The van der Waals surface area contributed by atoms with Crippen molar-refractivity contribution in [3.8, 4) is 5.75 Å². The van der Waals surface area contributed by atoms with Crippen molar-refractivity contribution < 1.29 is 19.4 Å². The molecule has 0 atom stereocenters. The fourth-order valence-corrected chi connectivity index (χ4v) is 4.18. The average molecular weight is 360 g/mol. The molecule has 6 nitrogen and oxygen atoms in total. The van der Waals surface area contributed by atoms with E-state index in [0.29, 0.717) is 32.2 Å². The van der Waals surface area contributed by atoms with Crippen LogP contribution in [0.5, 0.6) is 5.75 Å². The first kappa shape index (κ1) is 18.7.